The molecule has 1 aromatic rings. The summed E-state index contributed by atoms with van der Waals surface area (Å²) in [6.45, 7) is 3.94. The average molecular weight is 295 g/mol. The van der Waals surface area contributed by atoms with Gasteiger partial charge in [0.1, 0.15) is 0 Å². The molecule has 0 heterocycles. The van der Waals surface area contributed by atoms with Gasteiger partial charge < -0.3 is 5.32 Å². The first kappa shape index (κ1) is 15.1. The molecular formula is C13H18Cl3N. The third-order valence-corrected chi connectivity index (χ3v) is 3.76. The van der Waals surface area contributed by atoms with E-state index in [1.54, 1.807) is 6.07 Å². The number of benzene rings is 1. The van der Waals surface area contributed by atoms with Crippen molar-refractivity contribution in [3.8, 4) is 0 Å². The lowest BCUT2D eigenvalue weighted by Gasteiger charge is -2.09. The second-order valence-corrected chi connectivity index (χ2v) is 5.47. The Morgan fingerprint density at radius 3 is 2.71 bits per heavy atom. The molecule has 0 amide bonds. The largest absolute Gasteiger partial charge is 0.313 e. The molecule has 0 spiro atoms. The van der Waals surface area contributed by atoms with Crippen LogP contribution in [0.1, 0.15) is 25.3 Å². The van der Waals surface area contributed by atoms with Gasteiger partial charge in [0, 0.05) is 22.5 Å². The summed E-state index contributed by atoms with van der Waals surface area (Å²) in [5.74, 6) is 1.33. The topological polar surface area (TPSA) is 12.0 Å². The molecule has 1 aromatic carbocycles. The molecule has 0 saturated heterocycles. The summed E-state index contributed by atoms with van der Waals surface area (Å²) < 4.78 is 0. The highest BCUT2D eigenvalue weighted by atomic mass is 35.5. The minimum Gasteiger partial charge on any atom is -0.313 e. The van der Waals surface area contributed by atoms with Crippen molar-refractivity contribution in [2.75, 3.05) is 12.4 Å². The molecule has 1 nitrogen and oxygen atoms in total. The molecule has 4 heteroatoms. The summed E-state index contributed by atoms with van der Waals surface area (Å²) in [4.78, 5) is 0. The lowest BCUT2D eigenvalue weighted by atomic mass is 10.1. The number of alkyl halides is 1. The van der Waals surface area contributed by atoms with E-state index >= 15 is 0 Å². The second-order valence-electron chi connectivity index (χ2n) is 4.31. The van der Waals surface area contributed by atoms with E-state index in [1.165, 1.54) is 0 Å². The highest BCUT2D eigenvalue weighted by molar-refractivity contribution is 6.35. The third-order valence-electron chi connectivity index (χ3n) is 2.64. The molecule has 1 unspecified atom stereocenters. The average Bonchev–Trinajstić information content (AvgIpc) is 2.30. The number of hydrogen-bond donors (Lipinski definition) is 1. The fourth-order valence-corrected chi connectivity index (χ4v) is 2.17. The van der Waals surface area contributed by atoms with Crippen molar-refractivity contribution in [2.45, 2.75) is 26.3 Å². The van der Waals surface area contributed by atoms with Gasteiger partial charge in [-0.05, 0) is 43.0 Å². The van der Waals surface area contributed by atoms with Gasteiger partial charge in [-0.2, -0.15) is 0 Å². The van der Waals surface area contributed by atoms with Crippen molar-refractivity contribution in [1.29, 1.82) is 0 Å². The van der Waals surface area contributed by atoms with Crippen LogP contribution in [0.15, 0.2) is 18.2 Å². The zero-order valence-corrected chi connectivity index (χ0v) is 12.2. The van der Waals surface area contributed by atoms with E-state index in [0.717, 1.165) is 42.4 Å². The number of hydrogen-bond acceptors (Lipinski definition) is 1. The van der Waals surface area contributed by atoms with E-state index in [0.29, 0.717) is 10.9 Å². The summed E-state index contributed by atoms with van der Waals surface area (Å²) in [6.07, 6.45) is 2.30. The normalized spacial score (nSPS) is 12.7. The van der Waals surface area contributed by atoms with E-state index in [9.17, 15) is 0 Å². The van der Waals surface area contributed by atoms with E-state index in [-0.39, 0.29) is 0 Å². The summed E-state index contributed by atoms with van der Waals surface area (Å²) in [5.41, 5.74) is 1.08. The number of halogens is 3. The Hall–Kier alpha value is 0.0500. The van der Waals surface area contributed by atoms with Crippen molar-refractivity contribution in [3.63, 3.8) is 0 Å². The van der Waals surface area contributed by atoms with Crippen molar-refractivity contribution >= 4 is 34.8 Å². The maximum atomic E-state index is 6.07. The maximum Gasteiger partial charge on any atom is 0.0465 e. The highest BCUT2D eigenvalue weighted by Crippen LogP contribution is 2.20. The van der Waals surface area contributed by atoms with Crippen LogP contribution in [0.5, 0.6) is 0 Å². The fraction of sp³-hybridized carbons (Fsp3) is 0.538. The van der Waals surface area contributed by atoms with Crippen LogP contribution in [0.4, 0.5) is 0 Å². The van der Waals surface area contributed by atoms with Crippen LogP contribution in [0, 0.1) is 5.92 Å². The molecule has 0 fully saturated rings. The molecule has 0 saturated carbocycles. The molecule has 17 heavy (non-hydrogen) atoms. The Balaban J connectivity index is 2.22. The van der Waals surface area contributed by atoms with Crippen LogP contribution in [0.3, 0.4) is 0 Å². The highest BCUT2D eigenvalue weighted by Gasteiger charge is 2.02. The summed E-state index contributed by atoms with van der Waals surface area (Å²) >= 11 is 17.7. The minimum absolute atomic E-state index is 0.595. The third kappa shape index (κ3) is 5.96. The Labute approximate surface area is 118 Å². The monoisotopic (exact) mass is 293 g/mol. The van der Waals surface area contributed by atoms with Crippen LogP contribution in [-0.2, 0) is 6.54 Å². The molecule has 0 aliphatic carbocycles. The Morgan fingerprint density at radius 1 is 1.29 bits per heavy atom. The Morgan fingerprint density at radius 2 is 2.06 bits per heavy atom. The first-order valence-corrected chi connectivity index (χ1v) is 7.13. The van der Waals surface area contributed by atoms with Gasteiger partial charge in [-0.1, -0.05) is 36.2 Å². The summed E-state index contributed by atoms with van der Waals surface area (Å²) in [6, 6.07) is 5.59. The van der Waals surface area contributed by atoms with E-state index in [4.69, 9.17) is 34.8 Å². The molecule has 0 aliphatic heterocycles. The fourth-order valence-electron chi connectivity index (χ4n) is 1.54. The Bertz CT molecular complexity index is 341. The van der Waals surface area contributed by atoms with Crippen molar-refractivity contribution in [1.82, 2.24) is 5.32 Å². The van der Waals surface area contributed by atoms with E-state index < -0.39 is 0 Å². The van der Waals surface area contributed by atoms with Crippen LogP contribution in [0.25, 0.3) is 0 Å². The molecule has 1 N–H and O–H groups in total. The summed E-state index contributed by atoms with van der Waals surface area (Å²) in [5, 5.41) is 4.77. The van der Waals surface area contributed by atoms with Crippen molar-refractivity contribution in [2.24, 2.45) is 5.92 Å². The quantitative estimate of drug-likeness (QED) is 0.566. The molecule has 1 atom stereocenters. The predicted octanol–water partition coefficient (Wildman–Crippen LogP) is 4.74. The summed E-state index contributed by atoms with van der Waals surface area (Å²) in [7, 11) is 0. The van der Waals surface area contributed by atoms with Gasteiger partial charge in [0.05, 0.1) is 0 Å². The molecule has 1 rings (SSSR count). The van der Waals surface area contributed by atoms with E-state index in [2.05, 4.69) is 12.2 Å². The molecule has 0 radical (unpaired) electrons. The lowest BCUT2D eigenvalue weighted by molar-refractivity contribution is 0.531. The molecule has 0 aromatic heterocycles. The first-order valence-electron chi connectivity index (χ1n) is 5.84. The zero-order valence-electron chi connectivity index (χ0n) is 9.98. The van der Waals surface area contributed by atoms with Crippen molar-refractivity contribution in [3.05, 3.63) is 33.8 Å². The van der Waals surface area contributed by atoms with Crippen LogP contribution < -0.4 is 5.32 Å². The lowest BCUT2D eigenvalue weighted by Crippen LogP contribution is -2.15. The predicted molar refractivity (Wildman–Crippen MR) is 77.3 cm³/mol. The van der Waals surface area contributed by atoms with Gasteiger partial charge >= 0.3 is 0 Å². The zero-order chi connectivity index (χ0) is 12.7. The van der Waals surface area contributed by atoms with Crippen LogP contribution >= 0.6 is 34.8 Å². The van der Waals surface area contributed by atoms with Gasteiger partial charge in [0.2, 0.25) is 0 Å². The molecule has 0 bridgehead atoms. The number of nitrogens with one attached hydrogen (secondary N) is 1. The standard InChI is InChI=1S/C13H18Cl3N/c1-10(8-14)3-2-6-17-9-11-4-5-12(15)7-13(11)16/h4-5,7,10,17H,2-3,6,8-9H2,1H3. The van der Waals surface area contributed by atoms with Gasteiger partial charge in [-0.25, -0.2) is 0 Å². The SMILES string of the molecule is CC(CCl)CCCNCc1ccc(Cl)cc1Cl. The van der Waals surface area contributed by atoms with Gasteiger partial charge in [-0.15, -0.1) is 11.6 Å². The molecular weight excluding hydrogens is 277 g/mol. The van der Waals surface area contributed by atoms with Gasteiger partial charge in [0.15, 0.2) is 0 Å². The van der Waals surface area contributed by atoms with Gasteiger partial charge in [0.25, 0.3) is 0 Å². The van der Waals surface area contributed by atoms with Gasteiger partial charge in [-0.3, -0.25) is 0 Å². The molecule has 96 valence electrons. The molecule has 0 aliphatic rings. The van der Waals surface area contributed by atoms with E-state index in [1.807, 2.05) is 12.1 Å². The maximum absolute atomic E-state index is 6.07. The number of rotatable bonds is 7. The minimum atomic E-state index is 0.595. The van der Waals surface area contributed by atoms with Crippen LogP contribution in [0.2, 0.25) is 10.0 Å². The smallest absolute Gasteiger partial charge is 0.0465 e. The van der Waals surface area contributed by atoms with Crippen LogP contribution in [-0.4, -0.2) is 12.4 Å². The first-order chi connectivity index (χ1) is 8.13. The Kier molecular flexibility index (Phi) is 7.29. The second kappa shape index (κ2) is 8.20. The van der Waals surface area contributed by atoms with Crippen molar-refractivity contribution < 1.29 is 0 Å².